The molecule has 2 aliphatic heterocycles. The predicted octanol–water partition coefficient (Wildman–Crippen LogP) is 0.479. The third kappa shape index (κ3) is 2.27. The lowest BCUT2D eigenvalue weighted by Gasteiger charge is -2.18. The van der Waals surface area contributed by atoms with E-state index in [1.807, 2.05) is 0 Å². The summed E-state index contributed by atoms with van der Waals surface area (Å²) >= 11 is 0. The first-order valence-corrected chi connectivity index (χ1v) is 9.03. The van der Waals surface area contributed by atoms with Crippen LogP contribution < -0.4 is 14.3 Å². The number of rotatable bonds is 2. The van der Waals surface area contributed by atoms with Gasteiger partial charge in [0.1, 0.15) is 18.0 Å². The number of carbonyl (C=O) groups excluding carboxylic acids is 1. The number of carbonyl (C=O) groups is 1. The molecule has 1 saturated carbocycles. The van der Waals surface area contributed by atoms with Gasteiger partial charge in [0.15, 0.2) is 5.82 Å². The fraction of sp³-hybridized carbons (Fsp3) is 0.400. The Kier molecular flexibility index (Phi) is 3.17. The number of hydrogen-bond acceptors (Lipinski definition) is 5. The smallest absolute Gasteiger partial charge is 0.326 e. The number of nitrogens with zero attached hydrogens (tertiary/aromatic N) is 1. The van der Waals surface area contributed by atoms with E-state index in [-0.39, 0.29) is 11.0 Å². The molecule has 0 radical (unpaired) electrons. The molecule has 9 heteroatoms. The van der Waals surface area contributed by atoms with E-state index in [0.717, 1.165) is 25.0 Å². The van der Waals surface area contributed by atoms with E-state index in [1.54, 1.807) is 10.8 Å². The van der Waals surface area contributed by atoms with E-state index in [1.165, 1.54) is 12.1 Å². The monoisotopic (exact) mass is 353 g/mol. The molecule has 3 fully saturated rings. The van der Waals surface area contributed by atoms with Crippen molar-refractivity contribution in [2.75, 3.05) is 23.9 Å². The molecule has 1 aliphatic carbocycles. The number of nitrogens with one attached hydrogen (secondary N) is 2. The number of phenols is 1. The maximum absolute atomic E-state index is 14.9. The van der Waals surface area contributed by atoms with Gasteiger partial charge in [-0.25, -0.2) is 13.4 Å². The van der Waals surface area contributed by atoms with Crippen LogP contribution in [0, 0.1) is 11.2 Å². The van der Waals surface area contributed by atoms with Crippen LogP contribution in [-0.4, -0.2) is 39.1 Å². The van der Waals surface area contributed by atoms with Crippen LogP contribution in [0.4, 0.5) is 10.1 Å². The number of hydrogen-bond donors (Lipinski definition) is 3. The van der Waals surface area contributed by atoms with E-state index in [9.17, 15) is 22.7 Å². The van der Waals surface area contributed by atoms with E-state index in [0.29, 0.717) is 10.8 Å². The molecule has 128 valence electrons. The minimum atomic E-state index is -4.19. The van der Waals surface area contributed by atoms with Crippen LogP contribution in [0.5, 0.6) is 5.75 Å². The molecule has 0 atom stereocenters. The summed E-state index contributed by atoms with van der Waals surface area (Å²) in [6.07, 6.45) is 3.82. The van der Waals surface area contributed by atoms with Gasteiger partial charge in [0.05, 0.1) is 0 Å². The lowest BCUT2D eigenvalue weighted by Crippen LogP contribution is -2.30. The minimum Gasteiger partial charge on any atom is -0.506 e. The molecule has 1 aromatic carbocycles. The van der Waals surface area contributed by atoms with Gasteiger partial charge >= 0.3 is 10.2 Å². The Morgan fingerprint density at radius 3 is 2.71 bits per heavy atom. The van der Waals surface area contributed by atoms with E-state index in [2.05, 4.69) is 5.32 Å². The highest BCUT2D eigenvalue weighted by Gasteiger charge is 2.48. The van der Waals surface area contributed by atoms with Crippen LogP contribution in [0.1, 0.15) is 18.4 Å². The second-order valence-electron chi connectivity index (χ2n) is 6.43. The SMILES string of the molecule is O=C1CN(c2c(O)ccc(/C=C3\CNCC34CC4)c2F)S(=O)(=O)N1. The average Bonchev–Trinajstić information content (AvgIpc) is 3.08. The van der Waals surface area contributed by atoms with Gasteiger partial charge in [-0.3, -0.25) is 4.79 Å². The summed E-state index contributed by atoms with van der Waals surface area (Å²) < 4.78 is 41.1. The largest absolute Gasteiger partial charge is 0.506 e. The predicted molar refractivity (Wildman–Crippen MR) is 85.0 cm³/mol. The lowest BCUT2D eigenvalue weighted by atomic mass is 9.97. The van der Waals surface area contributed by atoms with E-state index < -0.39 is 39.9 Å². The van der Waals surface area contributed by atoms with Gasteiger partial charge in [-0.05, 0) is 30.5 Å². The van der Waals surface area contributed by atoms with Crippen LogP contribution in [0.15, 0.2) is 17.7 Å². The summed E-state index contributed by atoms with van der Waals surface area (Å²) in [5, 5.41) is 13.2. The Labute approximate surface area is 138 Å². The Bertz CT molecular complexity index is 877. The van der Waals surface area contributed by atoms with Crippen molar-refractivity contribution in [1.82, 2.24) is 10.0 Å². The van der Waals surface area contributed by atoms with Crippen LogP contribution in [0.2, 0.25) is 0 Å². The summed E-state index contributed by atoms with van der Waals surface area (Å²) in [7, 11) is -4.19. The first-order chi connectivity index (χ1) is 11.3. The summed E-state index contributed by atoms with van der Waals surface area (Å²) in [6, 6.07) is 2.65. The molecular formula is C15H16FN3O4S. The van der Waals surface area contributed by atoms with Gasteiger partial charge in [-0.15, -0.1) is 0 Å². The third-order valence-corrected chi connectivity index (χ3v) is 6.22. The molecule has 0 unspecified atom stereocenters. The molecule has 1 aromatic rings. The normalized spacial score (nSPS) is 25.5. The second-order valence-corrected chi connectivity index (χ2v) is 8.02. The molecule has 3 aliphatic rings. The maximum Gasteiger partial charge on any atom is 0.326 e. The number of anilines is 1. The average molecular weight is 353 g/mol. The summed E-state index contributed by atoms with van der Waals surface area (Å²) in [5.74, 6) is -2.15. The van der Waals surface area contributed by atoms with Crippen molar-refractivity contribution in [2.24, 2.45) is 5.41 Å². The summed E-state index contributed by atoms with van der Waals surface area (Å²) in [5.41, 5.74) is 0.874. The molecule has 2 heterocycles. The molecule has 24 heavy (non-hydrogen) atoms. The fourth-order valence-corrected chi connectivity index (χ4v) is 4.51. The van der Waals surface area contributed by atoms with Crippen molar-refractivity contribution in [2.45, 2.75) is 12.8 Å². The molecular weight excluding hydrogens is 337 g/mol. The van der Waals surface area contributed by atoms with E-state index in [4.69, 9.17) is 0 Å². The molecule has 4 rings (SSSR count). The highest BCUT2D eigenvalue weighted by Crippen LogP contribution is 2.54. The standard InChI is InChI=1S/C15H16FN3O4S/c16-13-9(5-10-6-17-8-15(10)3-4-15)1-2-11(20)14(13)19-7-12(21)18-24(19,22)23/h1-2,5,17,20H,3-4,6-8H2,(H,18,21)/b10-5+. The number of phenolic OH excluding ortho intramolecular Hbond substituents is 1. The van der Waals surface area contributed by atoms with Crippen molar-refractivity contribution in [3.05, 3.63) is 29.1 Å². The number of aromatic hydroxyl groups is 1. The first-order valence-electron chi connectivity index (χ1n) is 7.59. The number of halogens is 1. The topological polar surface area (TPSA) is 98.7 Å². The van der Waals surface area contributed by atoms with Crippen molar-refractivity contribution in [3.8, 4) is 5.75 Å². The quantitative estimate of drug-likeness (QED) is 0.718. The number of amides is 1. The van der Waals surface area contributed by atoms with Crippen LogP contribution >= 0.6 is 0 Å². The van der Waals surface area contributed by atoms with Crippen molar-refractivity contribution in [3.63, 3.8) is 0 Å². The molecule has 3 N–H and O–H groups in total. The molecule has 7 nitrogen and oxygen atoms in total. The van der Waals surface area contributed by atoms with Gasteiger partial charge < -0.3 is 10.4 Å². The zero-order valence-corrected chi connectivity index (χ0v) is 13.5. The Morgan fingerprint density at radius 1 is 1.33 bits per heavy atom. The zero-order chi connectivity index (χ0) is 17.1. The highest BCUT2D eigenvalue weighted by molar-refractivity contribution is 7.92. The van der Waals surface area contributed by atoms with Crippen molar-refractivity contribution < 1.29 is 22.7 Å². The Morgan fingerprint density at radius 2 is 2.08 bits per heavy atom. The van der Waals surface area contributed by atoms with Crippen LogP contribution in [0.3, 0.4) is 0 Å². The van der Waals surface area contributed by atoms with Gasteiger partial charge in [-0.1, -0.05) is 6.08 Å². The Balaban J connectivity index is 1.79. The van der Waals surface area contributed by atoms with E-state index >= 15 is 0 Å². The van der Waals surface area contributed by atoms with Crippen LogP contribution in [0.25, 0.3) is 6.08 Å². The van der Waals surface area contributed by atoms with Crippen molar-refractivity contribution in [1.29, 1.82) is 0 Å². The summed E-state index contributed by atoms with van der Waals surface area (Å²) in [6.45, 7) is 0.973. The molecule has 1 amide bonds. The minimum absolute atomic E-state index is 0.0989. The van der Waals surface area contributed by atoms with Crippen LogP contribution in [-0.2, 0) is 15.0 Å². The molecule has 0 bridgehead atoms. The third-order valence-electron chi connectivity index (χ3n) is 4.84. The first kappa shape index (κ1) is 15.4. The molecule has 0 aromatic heterocycles. The van der Waals surface area contributed by atoms with Gasteiger partial charge in [0, 0.05) is 24.1 Å². The lowest BCUT2D eigenvalue weighted by molar-refractivity contribution is -0.117. The van der Waals surface area contributed by atoms with Crippen molar-refractivity contribution >= 4 is 27.9 Å². The fourth-order valence-electron chi connectivity index (χ4n) is 3.34. The number of benzene rings is 1. The zero-order valence-electron chi connectivity index (χ0n) is 12.7. The second kappa shape index (κ2) is 4.93. The molecule has 1 spiro atoms. The summed E-state index contributed by atoms with van der Waals surface area (Å²) in [4.78, 5) is 11.4. The maximum atomic E-state index is 14.9. The van der Waals surface area contributed by atoms with Gasteiger partial charge in [-0.2, -0.15) is 8.42 Å². The molecule has 2 saturated heterocycles. The Hall–Kier alpha value is -2.13. The highest BCUT2D eigenvalue weighted by atomic mass is 32.2. The van der Waals surface area contributed by atoms with Gasteiger partial charge in [0.25, 0.3) is 5.91 Å². The van der Waals surface area contributed by atoms with Gasteiger partial charge in [0.2, 0.25) is 0 Å².